The molecule has 16 heavy (non-hydrogen) atoms. The topological polar surface area (TPSA) is 51.2 Å². The van der Waals surface area contributed by atoms with Gasteiger partial charge in [-0.05, 0) is 39.8 Å². The van der Waals surface area contributed by atoms with Gasteiger partial charge in [-0.3, -0.25) is 0 Å². The number of nitrogens with zero attached hydrogens (tertiary/aromatic N) is 1. The first-order valence-electron chi connectivity index (χ1n) is 4.98. The molecule has 0 fully saturated rings. The highest BCUT2D eigenvalue weighted by Crippen LogP contribution is 2.24. The molecular weight excluding hydrogens is 292 g/mol. The molecule has 1 N–H and O–H groups in total. The van der Waals surface area contributed by atoms with Gasteiger partial charge in [-0.15, -0.1) is 0 Å². The van der Waals surface area contributed by atoms with Gasteiger partial charge in [0.15, 0.2) is 5.82 Å². The third kappa shape index (κ3) is 3.75. The number of methoxy groups -OCH3 is 1. The highest BCUT2D eigenvalue weighted by Gasteiger charge is 2.21. The van der Waals surface area contributed by atoms with Crippen LogP contribution in [0, 0.1) is 5.92 Å². The molecule has 90 valence electrons. The summed E-state index contributed by atoms with van der Waals surface area (Å²) in [7, 11) is 1.40. The van der Waals surface area contributed by atoms with Crippen molar-refractivity contribution < 1.29 is 9.53 Å². The van der Waals surface area contributed by atoms with Crippen LogP contribution in [0.2, 0.25) is 0 Å². The Morgan fingerprint density at radius 3 is 2.81 bits per heavy atom. The number of halogens is 1. The minimum absolute atomic E-state index is 0.256. The van der Waals surface area contributed by atoms with Gasteiger partial charge >= 0.3 is 5.97 Å². The molecule has 1 heterocycles. The third-order valence-electron chi connectivity index (χ3n) is 2.03. The predicted molar refractivity (Wildman–Crippen MR) is 68.7 cm³/mol. The van der Waals surface area contributed by atoms with E-state index in [0.29, 0.717) is 11.7 Å². The fourth-order valence-electron chi connectivity index (χ4n) is 1.31. The van der Waals surface area contributed by atoms with Crippen LogP contribution in [0.1, 0.15) is 20.3 Å². The van der Waals surface area contributed by atoms with Gasteiger partial charge in [0.25, 0.3) is 0 Å². The molecule has 0 bridgehead atoms. The van der Waals surface area contributed by atoms with Gasteiger partial charge in [-0.1, -0.05) is 13.8 Å². The third-order valence-corrected chi connectivity index (χ3v) is 3.57. The molecule has 1 aromatic heterocycles. The van der Waals surface area contributed by atoms with Gasteiger partial charge in [0.2, 0.25) is 0 Å². The van der Waals surface area contributed by atoms with Crippen LogP contribution in [-0.2, 0) is 9.53 Å². The number of hydrogen-bond acceptors (Lipinski definition) is 5. The average Bonchev–Trinajstić information content (AvgIpc) is 2.61. The Kier molecular flexibility index (Phi) is 5.21. The number of hydrogen-bond donors (Lipinski definition) is 1. The van der Waals surface area contributed by atoms with Crippen molar-refractivity contribution >= 4 is 39.2 Å². The number of anilines is 1. The van der Waals surface area contributed by atoms with Gasteiger partial charge in [0.1, 0.15) is 6.04 Å². The molecule has 1 rings (SSSR count). The van der Waals surface area contributed by atoms with Crippen LogP contribution in [0.4, 0.5) is 5.82 Å². The van der Waals surface area contributed by atoms with Crippen LogP contribution >= 0.6 is 27.5 Å². The van der Waals surface area contributed by atoms with Crippen molar-refractivity contribution in [2.45, 2.75) is 26.3 Å². The monoisotopic (exact) mass is 306 g/mol. The molecule has 0 aromatic carbocycles. The van der Waals surface area contributed by atoms with E-state index in [0.717, 1.165) is 10.9 Å². The van der Waals surface area contributed by atoms with E-state index in [9.17, 15) is 4.79 Å². The summed E-state index contributed by atoms with van der Waals surface area (Å²) in [6.45, 7) is 4.13. The summed E-state index contributed by atoms with van der Waals surface area (Å²) in [5.41, 5.74) is 0. The highest BCUT2D eigenvalue weighted by molar-refractivity contribution is 9.10. The molecule has 1 aromatic rings. The lowest BCUT2D eigenvalue weighted by Gasteiger charge is -2.18. The summed E-state index contributed by atoms with van der Waals surface area (Å²) in [6, 6.07) is -0.344. The van der Waals surface area contributed by atoms with E-state index in [-0.39, 0.29) is 12.0 Å². The zero-order valence-electron chi connectivity index (χ0n) is 9.49. The Balaban J connectivity index is 2.70. The number of carbonyl (C=O) groups excluding carboxylic acids is 1. The molecule has 1 atom stereocenters. The molecule has 0 spiro atoms. The van der Waals surface area contributed by atoms with Crippen LogP contribution in [0.3, 0.4) is 0 Å². The maximum atomic E-state index is 11.6. The summed E-state index contributed by atoms with van der Waals surface area (Å²) in [6.07, 6.45) is 0.719. The first kappa shape index (κ1) is 13.4. The number of aromatic nitrogens is 1. The molecule has 0 saturated carbocycles. The van der Waals surface area contributed by atoms with Crippen LogP contribution in [-0.4, -0.2) is 23.5 Å². The first-order chi connectivity index (χ1) is 7.54. The number of ether oxygens (including phenoxy) is 1. The quantitative estimate of drug-likeness (QED) is 0.850. The average molecular weight is 307 g/mol. The zero-order valence-corrected chi connectivity index (χ0v) is 11.9. The summed E-state index contributed by atoms with van der Waals surface area (Å²) in [5, 5.41) is 4.95. The Morgan fingerprint density at radius 1 is 1.69 bits per heavy atom. The first-order valence-corrected chi connectivity index (χ1v) is 6.61. The minimum Gasteiger partial charge on any atom is -0.467 e. The standard InChI is InChI=1S/C10H15BrN2O2S/c1-6(2)4-8(10(14)15-3)12-9-7(11)5-16-13-9/h5-6,8H,4H2,1-3H3,(H,12,13)/t8-/m1/s1. The minimum atomic E-state index is -0.344. The van der Waals surface area contributed by atoms with Crippen LogP contribution in [0.5, 0.6) is 0 Å². The van der Waals surface area contributed by atoms with Gasteiger partial charge < -0.3 is 10.1 Å². The van der Waals surface area contributed by atoms with Crippen molar-refractivity contribution in [1.29, 1.82) is 0 Å². The molecule has 0 aliphatic carbocycles. The molecular formula is C10H15BrN2O2S. The molecule has 0 aliphatic heterocycles. The van der Waals surface area contributed by atoms with Crippen molar-refractivity contribution in [3.8, 4) is 0 Å². The normalized spacial score (nSPS) is 12.6. The summed E-state index contributed by atoms with van der Waals surface area (Å²) < 4.78 is 9.79. The SMILES string of the molecule is COC(=O)[C@@H](CC(C)C)Nc1nscc1Br. The molecule has 0 aliphatic rings. The number of rotatable bonds is 5. The second-order valence-electron chi connectivity index (χ2n) is 3.86. The Bertz CT molecular complexity index is 354. The summed E-state index contributed by atoms with van der Waals surface area (Å²) >= 11 is 4.70. The van der Waals surface area contributed by atoms with Crippen molar-refractivity contribution in [1.82, 2.24) is 4.37 Å². The van der Waals surface area contributed by atoms with Crippen LogP contribution in [0.25, 0.3) is 0 Å². The number of carbonyl (C=O) groups is 1. The lowest BCUT2D eigenvalue weighted by atomic mass is 10.0. The van der Waals surface area contributed by atoms with E-state index in [4.69, 9.17) is 4.74 Å². The van der Waals surface area contributed by atoms with E-state index >= 15 is 0 Å². The molecule has 0 saturated heterocycles. The van der Waals surface area contributed by atoms with Gasteiger partial charge in [0, 0.05) is 5.38 Å². The molecule has 6 heteroatoms. The smallest absolute Gasteiger partial charge is 0.328 e. The second-order valence-corrected chi connectivity index (χ2v) is 5.34. The summed E-state index contributed by atoms with van der Waals surface area (Å²) in [4.78, 5) is 11.6. The van der Waals surface area contributed by atoms with Crippen molar-refractivity contribution in [2.24, 2.45) is 5.92 Å². The van der Waals surface area contributed by atoms with Crippen molar-refractivity contribution in [3.63, 3.8) is 0 Å². The zero-order chi connectivity index (χ0) is 12.1. The second kappa shape index (κ2) is 6.20. The molecule has 0 unspecified atom stereocenters. The fraction of sp³-hybridized carbons (Fsp3) is 0.600. The van der Waals surface area contributed by atoms with Crippen LogP contribution < -0.4 is 5.32 Å². The van der Waals surface area contributed by atoms with Crippen molar-refractivity contribution in [2.75, 3.05) is 12.4 Å². The Morgan fingerprint density at radius 2 is 2.38 bits per heavy atom. The number of nitrogens with one attached hydrogen (secondary N) is 1. The lowest BCUT2D eigenvalue weighted by molar-refractivity contribution is -0.141. The fourth-order valence-corrected chi connectivity index (χ4v) is 2.40. The van der Waals surface area contributed by atoms with E-state index in [1.807, 2.05) is 5.38 Å². The van der Waals surface area contributed by atoms with E-state index < -0.39 is 0 Å². The van der Waals surface area contributed by atoms with E-state index in [2.05, 4.69) is 39.5 Å². The highest BCUT2D eigenvalue weighted by atomic mass is 79.9. The van der Waals surface area contributed by atoms with Gasteiger partial charge in [-0.25, -0.2) is 4.79 Å². The molecule has 0 amide bonds. The Hall–Kier alpha value is -0.620. The van der Waals surface area contributed by atoms with Crippen molar-refractivity contribution in [3.05, 3.63) is 9.85 Å². The number of esters is 1. The van der Waals surface area contributed by atoms with E-state index in [1.54, 1.807) is 0 Å². The molecule has 4 nitrogen and oxygen atoms in total. The predicted octanol–water partition coefficient (Wildman–Crippen LogP) is 2.91. The largest absolute Gasteiger partial charge is 0.467 e. The Labute approximate surface area is 108 Å². The summed E-state index contributed by atoms with van der Waals surface area (Å²) in [5.74, 6) is 0.851. The van der Waals surface area contributed by atoms with E-state index in [1.165, 1.54) is 18.6 Å². The van der Waals surface area contributed by atoms with Gasteiger partial charge in [0.05, 0.1) is 11.6 Å². The van der Waals surface area contributed by atoms with Gasteiger partial charge in [-0.2, -0.15) is 4.37 Å². The lowest BCUT2D eigenvalue weighted by Crippen LogP contribution is -2.32. The van der Waals surface area contributed by atoms with Crippen LogP contribution in [0.15, 0.2) is 9.85 Å². The molecule has 0 radical (unpaired) electrons. The maximum absolute atomic E-state index is 11.6. The maximum Gasteiger partial charge on any atom is 0.328 e.